The Morgan fingerprint density at radius 1 is 1.22 bits per heavy atom. The molecule has 148 valence electrons. The molecule has 1 atom stereocenters. The molecule has 0 bridgehead atoms. The van der Waals surface area contributed by atoms with E-state index in [0.29, 0.717) is 32.5 Å². The molecule has 3 heterocycles. The number of ether oxygens (including phenoxy) is 1. The minimum absolute atomic E-state index is 0.0774. The summed E-state index contributed by atoms with van der Waals surface area (Å²) >= 11 is 0. The average Bonchev–Trinajstić information content (AvgIpc) is 2.72. The Hall–Kier alpha value is -1.99. The van der Waals surface area contributed by atoms with Gasteiger partial charge in [-0.15, -0.1) is 0 Å². The number of rotatable bonds is 8. The van der Waals surface area contributed by atoms with E-state index in [1.807, 2.05) is 17.0 Å². The fraction of sp³-hybridized carbons (Fsp3) is 0.650. The molecular weight excluding hydrogens is 344 g/mol. The van der Waals surface area contributed by atoms with Gasteiger partial charge in [-0.1, -0.05) is 0 Å². The lowest BCUT2D eigenvalue weighted by molar-refractivity contribution is -0.138. The quantitative estimate of drug-likeness (QED) is 0.678. The summed E-state index contributed by atoms with van der Waals surface area (Å²) in [5, 5.41) is 3.04. The molecule has 0 aliphatic carbocycles. The Morgan fingerprint density at radius 2 is 2.00 bits per heavy atom. The molecule has 27 heavy (non-hydrogen) atoms. The van der Waals surface area contributed by atoms with E-state index in [1.54, 1.807) is 12.4 Å². The van der Waals surface area contributed by atoms with E-state index in [0.717, 1.165) is 45.7 Å². The molecule has 2 amide bonds. The Kier molecular flexibility index (Phi) is 7.59. The van der Waals surface area contributed by atoms with Gasteiger partial charge in [0.15, 0.2) is 0 Å². The van der Waals surface area contributed by atoms with Gasteiger partial charge in [0.2, 0.25) is 11.8 Å². The van der Waals surface area contributed by atoms with Crippen LogP contribution in [0.5, 0.6) is 0 Å². The number of hydrogen-bond donors (Lipinski definition) is 1. The molecule has 7 nitrogen and oxygen atoms in total. The van der Waals surface area contributed by atoms with Gasteiger partial charge >= 0.3 is 0 Å². The van der Waals surface area contributed by atoms with E-state index in [2.05, 4.69) is 15.2 Å². The van der Waals surface area contributed by atoms with Crippen LogP contribution < -0.4 is 5.32 Å². The molecule has 2 saturated heterocycles. The third-order valence-corrected chi connectivity index (χ3v) is 5.35. The van der Waals surface area contributed by atoms with E-state index in [-0.39, 0.29) is 17.7 Å². The van der Waals surface area contributed by atoms with Crippen LogP contribution in [0.2, 0.25) is 0 Å². The van der Waals surface area contributed by atoms with Crippen LogP contribution in [0.1, 0.15) is 24.8 Å². The minimum atomic E-state index is -0.0895. The number of nitrogens with one attached hydrogen (secondary N) is 1. The predicted molar refractivity (Wildman–Crippen MR) is 102 cm³/mol. The van der Waals surface area contributed by atoms with Crippen molar-refractivity contribution in [2.24, 2.45) is 5.92 Å². The topological polar surface area (TPSA) is 74.8 Å². The van der Waals surface area contributed by atoms with Crippen LogP contribution in [0, 0.1) is 5.92 Å². The van der Waals surface area contributed by atoms with Crippen molar-refractivity contribution in [3.8, 4) is 0 Å². The van der Waals surface area contributed by atoms with E-state index in [4.69, 9.17) is 4.74 Å². The van der Waals surface area contributed by atoms with Gasteiger partial charge in [-0.2, -0.15) is 0 Å². The first-order valence-electron chi connectivity index (χ1n) is 9.97. The number of pyridine rings is 1. The van der Waals surface area contributed by atoms with Crippen molar-refractivity contribution < 1.29 is 14.3 Å². The van der Waals surface area contributed by atoms with Gasteiger partial charge < -0.3 is 15.0 Å². The smallest absolute Gasteiger partial charge is 0.224 e. The Labute approximate surface area is 161 Å². The highest BCUT2D eigenvalue weighted by atomic mass is 16.5. The maximum Gasteiger partial charge on any atom is 0.224 e. The van der Waals surface area contributed by atoms with E-state index >= 15 is 0 Å². The zero-order chi connectivity index (χ0) is 18.9. The van der Waals surface area contributed by atoms with Crippen molar-refractivity contribution in [3.63, 3.8) is 0 Å². The normalized spacial score (nSPS) is 21.3. The molecule has 1 aromatic heterocycles. The molecule has 2 fully saturated rings. The zero-order valence-corrected chi connectivity index (χ0v) is 15.9. The van der Waals surface area contributed by atoms with Crippen molar-refractivity contribution >= 4 is 11.8 Å². The summed E-state index contributed by atoms with van der Waals surface area (Å²) in [6.07, 6.45) is 6.54. The minimum Gasteiger partial charge on any atom is -0.379 e. The lowest BCUT2D eigenvalue weighted by atomic mass is 9.96. The fourth-order valence-corrected chi connectivity index (χ4v) is 3.63. The summed E-state index contributed by atoms with van der Waals surface area (Å²) in [7, 11) is 0. The molecule has 2 aliphatic heterocycles. The number of carbonyl (C=O) groups excluding carboxylic acids is 2. The largest absolute Gasteiger partial charge is 0.379 e. The Balaban J connectivity index is 1.37. The highest BCUT2D eigenvalue weighted by Gasteiger charge is 2.30. The van der Waals surface area contributed by atoms with Crippen LogP contribution >= 0.6 is 0 Å². The highest BCUT2D eigenvalue weighted by molar-refractivity contribution is 5.83. The number of amides is 2. The van der Waals surface area contributed by atoms with Gasteiger partial charge in [-0.25, -0.2) is 0 Å². The number of piperidine rings is 1. The predicted octanol–water partition coefficient (Wildman–Crippen LogP) is 0.701. The number of morpholine rings is 1. The van der Waals surface area contributed by atoms with Crippen molar-refractivity contribution in [1.82, 2.24) is 20.1 Å². The second-order valence-corrected chi connectivity index (χ2v) is 7.28. The molecule has 7 heteroatoms. The Bertz CT molecular complexity index is 605. The van der Waals surface area contributed by atoms with Crippen LogP contribution in [0.25, 0.3) is 0 Å². The summed E-state index contributed by atoms with van der Waals surface area (Å²) < 4.78 is 5.36. The first-order chi connectivity index (χ1) is 13.2. The monoisotopic (exact) mass is 374 g/mol. The highest BCUT2D eigenvalue weighted by Crippen LogP contribution is 2.18. The number of carbonyl (C=O) groups is 2. The fourth-order valence-electron chi connectivity index (χ4n) is 3.63. The summed E-state index contributed by atoms with van der Waals surface area (Å²) in [4.78, 5) is 32.9. The zero-order valence-electron chi connectivity index (χ0n) is 15.9. The molecule has 2 aliphatic rings. The van der Waals surface area contributed by atoms with E-state index in [9.17, 15) is 9.59 Å². The van der Waals surface area contributed by atoms with E-state index in [1.165, 1.54) is 5.56 Å². The number of aryl methyl sites for hydroxylation is 1. The lowest BCUT2D eigenvalue weighted by Crippen LogP contribution is -2.49. The van der Waals surface area contributed by atoms with Gasteiger partial charge in [-0.05, 0) is 37.0 Å². The van der Waals surface area contributed by atoms with Crippen molar-refractivity contribution in [1.29, 1.82) is 0 Å². The van der Waals surface area contributed by atoms with Crippen LogP contribution in [-0.4, -0.2) is 79.1 Å². The second kappa shape index (κ2) is 10.4. The molecule has 0 aromatic carbocycles. The SMILES string of the molecule is O=C(NCCCc1ccncc1)C1CCC(=O)N(CCN2CCOCC2)C1. The summed E-state index contributed by atoms with van der Waals surface area (Å²) in [5.41, 5.74) is 1.23. The van der Waals surface area contributed by atoms with Gasteiger partial charge in [0, 0.05) is 58.1 Å². The molecule has 3 rings (SSSR count). The number of aromatic nitrogens is 1. The maximum atomic E-state index is 12.5. The van der Waals surface area contributed by atoms with Crippen molar-refractivity contribution in [3.05, 3.63) is 30.1 Å². The molecule has 1 unspecified atom stereocenters. The Morgan fingerprint density at radius 3 is 2.78 bits per heavy atom. The van der Waals surface area contributed by atoms with Gasteiger partial charge in [0.25, 0.3) is 0 Å². The summed E-state index contributed by atoms with van der Waals surface area (Å²) in [5.74, 6) is 0.159. The lowest BCUT2D eigenvalue weighted by Gasteiger charge is -2.34. The third kappa shape index (κ3) is 6.29. The van der Waals surface area contributed by atoms with Gasteiger partial charge in [-0.3, -0.25) is 19.5 Å². The first kappa shape index (κ1) is 19.8. The molecule has 1 N–H and O–H groups in total. The molecular formula is C20H30N4O3. The maximum absolute atomic E-state index is 12.5. The number of hydrogen-bond acceptors (Lipinski definition) is 5. The number of likely N-dealkylation sites (tertiary alicyclic amines) is 1. The molecule has 0 saturated carbocycles. The number of nitrogens with zero attached hydrogens (tertiary/aromatic N) is 3. The third-order valence-electron chi connectivity index (χ3n) is 5.35. The molecule has 0 spiro atoms. The van der Waals surface area contributed by atoms with Gasteiger partial charge in [0.05, 0.1) is 19.1 Å². The summed E-state index contributed by atoms with van der Waals surface area (Å²) in [6, 6.07) is 4.00. The summed E-state index contributed by atoms with van der Waals surface area (Å²) in [6.45, 7) is 6.13. The van der Waals surface area contributed by atoms with Crippen molar-refractivity contribution in [2.75, 3.05) is 52.5 Å². The van der Waals surface area contributed by atoms with Crippen LogP contribution in [0.15, 0.2) is 24.5 Å². The van der Waals surface area contributed by atoms with Gasteiger partial charge in [0.1, 0.15) is 0 Å². The standard InChI is InChI=1S/C20H30N4O3/c25-19-4-3-18(16-24(19)11-10-23-12-14-27-15-13-23)20(26)22-7-1-2-17-5-8-21-9-6-17/h5-6,8-9,18H,1-4,7,10-16H2,(H,22,26). The average molecular weight is 374 g/mol. The second-order valence-electron chi connectivity index (χ2n) is 7.28. The van der Waals surface area contributed by atoms with Crippen molar-refractivity contribution in [2.45, 2.75) is 25.7 Å². The molecule has 0 radical (unpaired) electrons. The first-order valence-corrected chi connectivity index (χ1v) is 9.97. The van der Waals surface area contributed by atoms with Crippen LogP contribution in [0.4, 0.5) is 0 Å². The van der Waals surface area contributed by atoms with E-state index < -0.39 is 0 Å². The van der Waals surface area contributed by atoms with Crippen LogP contribution in [-0.2, 0) is 20.7 Å². The molecule has 1 aromatic rings. The van der Waals surface area contributed by atoms with Crippen LogP contribution in [0.3, 0.4) is 0 Å².